The van der Waals surface area contributed by atoms with Crippen molar-refractivity contribution in [3.8, 4) is 0 Å². The lowest BCUT2D eigenvalue weighted by Crippen LogP contribution is -2.33. The molecule has 1 rings (SSSR count). The van der Waals surface area contributed by atoms with E-state index in [0.717, 1.165) is 12.1 Å². The largest absolute Gasteiger partial charge is 0.396 e. The SMILES string of the molecule is CC(C)CNCc1ccc(N(CCCO)C(C)C)c(F)c1. The van der Waals surface area contributed by atoms with E-state index in [1.165, 1.54) is 0 Å². The Bertz CT molecular complexity index is 421. The molecule has 0 aliphatic heterocycles. The first-order valence-electron chi connectivity index (χ1n) is 7.82. The van der Waals surface area contributed by atoms with Gasteiger partial charge in [-0.15, -0.1) is 0 Å². The van der Waals surface area contributed by atoms with Crippen molar-refractivity contribution >= 4 is 5.69 Å². The Labute approximate surface area is 128 Å². The van der Waals surface area contributed by atoms with E-state index in [9.17, 15) is 4.39 Å². The second-order valence-electron chi connectivity index (χ2n) is 6.17. The Kier molecular flexibility index (Phi) is 7.68. The smallest absolute Gasteiger partial charge is 0.146 e. The van der Waals surface area contributed by atoms with Crippen molar-refractivity contribution in [3.63, 3.8) is 0 Å². The van der Waals surface area contributed by atoms with Gasteiger partial charge in [-0.2, -0.15) is 0 Å². The first-order valence-corrected chi connectivity index (χ1v) is 7.82. The fraction of sp³-hybridized carbons (Fsp3) is 0.647. The van der Waals surface area contributed by atoms with E-state index in [-0.39, 0.29) is 18.5 Å². The number of hydrogen-bond acceptors (Lipinski definition) is 3. The minimum atomic E-state index is -0.189. The van der Waals surface area contributed by atoms with Gasteiger partial charge >= 0.3 is 0 Å². The number of rotatable bonds is 9. The number of aliphatic hydroxyl groups excluding tert-OH is 1. The zero-order valence-corrected chi connectivity index (χ0v) is 13.7. The van der Waals surface area contributed by atoms with Gasteiger partial charge in [-0.1, -0.05) is 19.9 Å². The fourth-order valence-corrected chi connectivity index (χ4v) is 2.30. The maximum Gasteiger partial charge on any atom is 0.146 e. The predicted molar refractivity (Wildman–Crippen MR) is 87.1 cm³/mol. The van der Waals surface area contributed by atoms with Crippen LogP contribution in [0, 0.1) is 11.7 Å². The van der Waals surface area contributed by atoms with E-state index in [1.807, 2.05) is 30.9 Å². The Balaban J connectivity index is 2.75. The summed E-state index contributed by atoms with van der Waals surface area (Å²) in [5.41, 5.74) is 1.58. The average molecular weight is 296 g/mol. The Morgan fingerprint density at radius 2 is 1.95 bits per heavy atom. The molecule has 1 aromatic rings. The van der Waals surface area contributed by atoms with Crippen LogP contribution in [0.4, 0.5) is 10.1 Å². The lowest BCUT2D eigenvalue weighted by Gasteiger charge is -2.29. The minimum Gasteiger partial charge on any atom is -0.396 e. The van der Waals surface area contributed by atoms with Gasteiger partial charge in [0.2, 0.25) is 0 Å². The molecule has 0 aromatic heterocycles. The van der Waals surface area contributed by atoms with Crippen molar-refractivity contribution in [2.75, 3.05) is 24.6 Å². The van der Waals surface area contributed by atoms with Crippen LogP contribution in [0.5, 0.6) is 0 Å². The molecule has 2 N–H and O–H groups in total. The average Bonchev–Trinajstić information content (AvgIpc) is 2.40. The van der Waals surface area contributed by atoms with Gasteiger partial charge in [0.25, 0.3) is 0 Å². The summed E-state index contributed by atoms with van der Waals surface area (Å²) < 4.78 is 14.3. The Morgan fingerprint density at radius 1 is 1.24 bits per heavy atom. The molecular weight excluding hydrogens is 267 g/mol. The van der Waals surface area contributed by atoms with Crippen LogP contribution in [0.25, 0.3) is 0 Å². The first-order chi connectivity index (χ1) is 9.95. The van der Waals surface area contributed by atoms with Crippen molar-refractivity contribution in [1.82, 2.24) is 5.32 Å². The molecule has 0 saturated heterocycles. The first kappa shape index (κ1) is 17.9. The highest BCUT2D eigenvalue weighted by Gasteiger charge is 2.14. The molecule has 0 aliphatic carbocycles. The molecule has 0 radical (unpaired) electrons. The van der Waals surface area contributed by atoms with Crippen LogP contribution in [0.3, 0.4) is 0 Å². The Hall–Kier alpha value is -1.13. The van der Waals surface area contributed by atoms with E-state index in [1.54, 1.807) is 6.07 Å². The molecule has 0 fully saturated rings. The van der Waals surface area contributed by atoms with Crippen molar-refractivity contribution in [2.24, 2.45) is 5.92 Å². The third-order valence-electron chi connectivity index (χ3n) is 3.38. The second kappa shape index (κ2) is 9.00. The van der Waals surface area contributed by atoms with Crippen molar-refractivity contribution < 1.29 is 9.50 Å². The zero-order valence-electron chi connectivity index (χ0n) is 13.7. The van der Waals surface area contributed by atoms with Crippen molar-refractivity contribution in [1.29, 1.82) is 0 Å². The third kappa shape index (κ3) is 6.02. The van der Waals surface area contributed by atoms with Crippen LogP contribution < -0.4 is 10.2 Å². The molecular formula is C17H29FN2O. The summed E-state index contributed by atoms with van der Waals surface area (Å²) >= 11 is 0. The topological polar surface area (TPSA) is 35.5 Å². The van der Waals surface area contributed by atoms with Crippen molar-refractivity contribution in [3.05, 3.63) is 29.6 Å². The van der Waals surface area contributed by atoms with Crippen LogP contribution in [-0.4, -0.2) is 30.8 Å². The van der Waals surface area contributed by atoms with Gasteiger partial charge in [0.05, 0.1) is 5.69 Å². The minimum absolute atomic E-state index is 0.127. The molecule has 0 heterocycles. The molecule has 0 spiro atoms. The number of nitrogens with zero attached hydrogens (tertiary/aromatic N) is 1. The molecule has 120 valence electrons. The molecule has 21 heavy (non-hydrogen) atoms. The molecule has 1 aromatic carbocycles. The summed E-state index contributed by atoms with van der Waals surface area (Å²) in [4.78, 5) is 2.00. The lowest BCUT2D eigenvalue weighted by atomic mass is 10.1. The summed E-state index contributed by atoms with van der Waals surface area (Å²) in [5.74, 6) is 0.398. The standard InChI is InChI=1S/C17H29FN2O/c1-13(2)11-19-12-15-6-7-17(16(18)10-15)20(14(3)4)8-5-9-21/h6-7,10,13-14,19,21H,5,8-9,11-12H2,1-4H3. The van der Waals surface area contributed by atoms with Crippen LogP contribution in [0.15, 0.2) is 18.2 Å². The summed E-state index contributed by atoms with van der Waals surface area (Å²) in [5, 5.41) is 12.3. The van der Waals surface area contributed by atoms with Gasteiger partial charge in [0.15, 0.2) is 0 Å². The monoisotopic (exact) mass is 296 g/mol. The van der Waals surface area contributed by atoms with E-state index in [4.69, 9.17) is 5.11 Å². The number of anilines is 1. The lowest BCUT2D eigenvalue weighted by molar-refractivity contribution is 0.288. The van der Waals surface area contributed by atoms with E-state index >= 15 is 0 Å². The maximum atomic E-state index is 14.3. The summed E-state index contributed by atoms with van der Waals surface area (Å²) in [6.07, 6.45) is 0.648. The Morgan fingerprint density at radius 3 is 2.48 bits per heavy atom. The molecule has 4 heteroatoms. The van der Waals surface area contributed by atoms with E-state index < -0.39 is 0 Å². The van der Waals surface area contributed by atoms with Gasteiger partial charge in [0, 0.05) is 25.7 Å². The number of nitrogens with one attached hydrogen (secondary N) is 1. The second-order valence-corrected chi connectivity index (χ2v) is 6.17. The van der Waals surface area contributed by atoms with Gasteiger partial charge < -0.3 is 15.3 Å². The predicted octanol–water partition coefficient (Wildman–Crippen LogP) is 3.17. The normalized spacial score (nSPS) is 11.4. The van der Waals surface area contributed by atoms with Crippen molar-refractivity contribution in [2.45, 2.75) is 46.7 Å². The third-order valence-corrected chi connectivity index (χ3v) is 3.38. The highest BCUT2D eigenvalue weighted by atomic mass is 19.1. The van der Waals surface area contributed by atoms with E-state index in [2.05, 4.69) is 19.2 Å². The number of benzene rings is 1. The molecule has 3 nitrogen and oxygen atoms in total. The van der Waals surface area contributed by atoms with E-state index in [0.29, 0.717) is 31.1 Å². The van der Waals surface area contributed by atoms with Gasteiger partial charge in [-0.25, -0.2) is 4.39 Å². The molecule has 0 saturated carbocycles. The summed E-state index contributed by atoms with van der Waals surface area (Å²) in [7, 11) is 0. The van der Waals surface area contributed by atoms with Crippen LogP contribution >= 0.6 is 0 Å². The van der Waals surface area contributed by atoms with Gasteiger partial charge in [0.1, 0.15) is 5.82 Å². The molecule has 0 unspecified atom stereocenters. The molecule has 0 amide bonds. The van der Waals surface area contributed by atoms with Gasteiger partial charge in [-0.05, 0) is 50.4 Å². The molecule has 0 aliphatic rings. The number of hydrogen-bond donors (Lipinski definition) is 2. The quantitative estimate of drug-likeness (QED) is 0.735. The van der Waals surface area contributed by atoms with Crippen LogP contribution in [0.1, 0.15) is 39.7 Å². The zero-order chi connectivity index (χ0) is 15.8. The summed E-state index contributed by atoms with van der Waals surface area (Å²) in [6, 6.07) is 5.63. The number of halogens is 1. The number of aliphatic hydroxyl groups is 1. The highest BCUT2D eigenvalue weighted by molar-refractivity contribution is 5.50. The van der Waals surface area contributed by atoms with Crippen LogP contribution in [-0.2, 0) is 6.54 Å². The summed E-state index contributed by atoms with van der Waals surface area (Å²) in [6.45, 7) is 10.8. The fourth-order valence-electron chi connectivity index (χ4n) is 2.30. The van der Waals surface area contributed by atoms with Gasteiger partial charge in [-0.3, -0.25) is 0 Å². The maximum absolute atomic E-state index is 14.3. The van der Waals surface area contributed by atoms with Crippen LogP contribution in [0.2, 0.25) is 0 Å². The molecule has 0 atom stereocenters. The molecule has 0 bridgehead atoms. The highest BCUT2D eigenvalue weighted by Crippen LogP contribution is 2.23.